The highest BCUT2D eigenvalue weighted by molar-refractivity contribution is 7.10. The molecule has 9 heteroatoms. The van der Waals surface area contributed by atoms with Crippen LogP contribution >= 0.6 is 23.1 Å². The average molecular weight is 350 g/mol. The lowest BCUT2D eigenvalue weighted by atomic mass is 10.2. The standard InChI is InChI=1S/C13H14ClF2N3O2S/c1-19(7-9-12(14)22-18-17-9)6-8-3-4-10(21-13(15)16)11(5-8)20-2/h3-5,13H,6-7H2,1-2H3. The molecule has 120 valence electrons. The SMILES string of the molecule is COc1cc(CN(C)Cc2nnsc2Cl)ccc1OC(F)F. The van der Waals surface area contributed by atoms with Crippen LogP contribution in [0.2, 0.25) is 4.34 Å². The fraction of sp³-hybridized carbons (Fsp3) is 0.385. The van der Waals surface area contributed by atoms with Gasteiger partial charge in [0.1, 0.15) is 10.0 Å². The third-order valence-corrected chi connectivity index (χ3v) is 3.81. The number of hydrogen-bond donors (Lipinski definition) is 0. The second kappa shape index (κ2) is 7.66. The molecule has 0 radical (unpaired) electrons. The van der Waals surface area contributed by atoms with Crippen LogP contribution in [-0.4, -0.2) is 35.3 Å². The second-order valence-corrected chi connectivity index (χ2v) is 5.89. The summed E-state index contributed by atoms with van der Waals surface area (Å²) in [6, 6.07) is 4.83. The number of nitrogens with zero attached hydrogens (tertiary/aromatic N) is 3. The Morgan fingerprint density at radius 3 is 2.68 bits per heavy atom. The quantitative estimate of drug-likeness (QED) is 0.766. The summed E-state index contributed by atoms with van der Waals surface area (Å²) < 4.78 is 38.4. The molecule has 0 atom stereocenters. The number of aromatic nitrogens is 2. The van der Waals surface area contributed by atoms with Crippen LogP contribution in [0.25, 0.3) is 0 Å². The van der Waals surface area contributed by atoms with Crippen molar-refractivity contribution in [2.45, 2.75) is 19.7 Å². The minimum Gasteiger partial charge on any atom is -0.493 e. The van der Waals surface area contributed by atoms with E-state index in [1.807, 2.05) is 11.9 Å². The average Bonchev–Trinajstić information content (AvgIpc) is 2.85. The maximum absolute atomic E-state index is 12.3. The molecule has 2 rings (SSSR count). The molecule has 1 aromatic carbocycles. The highest BCUT2D eigenvalue weighted by Gasteiger charge is 2.13. The van der Waals surface area contributed by atoms with Crippen molar-refractivity contribution in [2.24, 2.45) is 0 Å². The fourth-order valence-corrected chi connectivity index (χ4v) is 2.53. The van der Waals surface area contributed by atoms with Crippen LogP contribution in [0.1, 0.15) is 11.3 Å². The minimum absolute atomic E-state index is 0.00986. The number of benzene rings is 1. The zero-order valence-electron chi connectivity index (χ0n) is 11.9. The number of alkyl halides is 2. The summed E-state index contributed by atoms with van der Waals surface area (Å²) in [7, 11) is 3.30. The van der Waals surface area contributed by atoms with Gasteiger partial charge in [0.05, 0.1) is 7.11 Å². The molecular formula is C13H14ClF2N3O2S. The minimum atomic E-state index is -2.89. The predicted molar refractivity (Wildman–Crippen MR) is 79.7 cm³/mol. The maximum Gasteiger partial charge on any atom is 0.387 e. The smallest absolute Gasteiger partial charge is 0.387 e. The van der Waals surface area contributed by atoms with E-state index in [4.69, 9.17) is 16.3 Å². The molecular weight excluding hydrogens is 336 g/mol. The summed E-state index contributed by atoms with van der Waals surface area (Å²) in [4.78, 5) is 1.98. The van der Waals surface area contributed by atoms with E-state index in [1.165, 1.54) is 13.2 Å². The monoisotopic (exact) mass is 349 g/mol. The first kappa shape index (κ1) is 16.9. The Bertz CT molecular complexity index is 627. The molecule has 0 N–H and O–H groups in total. The normalized spacial score (nSPS) is 11.2. The molecule has 0 aliphatic carbocycles. The molecule has 0 aliphatic rings. The van der Waals surface area contributed by atoms with E-state index >= 15 is 0 Å². The molecule has 0 saturated carbocycles. The number of halogens is 3. The Labute approximate surface area is 135 Å². The van der Waals surface area contributed by atoms with Gasteiger partial charge in [0, 0.05) is 24.6 Å². The molecule has 2 aromatic rings. The molecule has 0 fully saturated rings. The largest absolute Gasteiger partial charge is 0.493 e. The summed E-state index contributed by atoms with van der Waals surface area (Å²) in [5.41, 5.74) is 1.60. The Kier molecular flexibility index (Phi) is 5.87. The van der Waals surface area contributed by atoms with Crippen molar-refractivity contribution in [2.75, 3.05) is 14.2 Å². The van der Waals surface area contributed by atoms with Crippen molar-refractivity contribution < 1.29 is 18.3 Å². The third-order valence-electron chi connectivity index (χ3n) is 2.83. The van der Waals surface area contributed by atoms with E-state index in [-0.39, 0.29) is 11.5 Å². The fourth-order valence-electron chi connectivity index (χ4n) is 1.92. The molecule has 0 unspecified atom stereocenters. The Hall–Kier alpha value is -1.51. The lowest BCUT2D eigenvalue weighted by molar-refractivity contribution is -0.0512. The van der Waals surface area contributed by atoms with Gasteiger partial charge in [0.25, 0.3) is 0 Å². The summed E-state index contributed by atoms with van der Waals surface area (Å²) >= 11 is 7.10. The molecule has 22 heavy (non-hydrogen) atoms. The molecule has 0 saturated heterocycles. The number of ether oxygens (including phenoxy) is 2. The summed E-state index contributed by atoms with van der Waals surface area (Å²) in [5.74, 6) is 0.273. The summed E-state index contributed by atoms with van der Waals surface area (Å²) in [6.07, 6.45) is 0. The van der Waals surface area contributed by atoms with Gasteiger partial charge >= 0.3 is 6.61 Å². The highest BCUT2D eigenvalue weighted by Crippen LogP contribution is 2.30. The number of methoxy groups -OCH3 is 1. The lowest BCUT2D eigenvalue weighted by Crippen LogP contribution is -2.17. The van der Waals surface area contributed by atoms with E-state index in [1.54, 1.807) is 12.1 Å². The van der Waals surface area contributed by atoms with Gasteiger partial charge in [-0.05, 0) is 24.7 Å². The van der Waals surface area contributed by atoms with Crippen LogP contribution in [-0.2, 0) is 13.1 Å². The number of hydrogen-bond acceptors (Lipinski definition) is 6. The summed E-state index contributed by atoms with van der Waals surface area (Å²) in [5, 5.41) is 3.94. The lowest BCUT2D eigenvalue weighted by Gasteiger charge is -2.17. The van der Waals surface area contributed by atoms with Gasteiger partial charge in [0.2, 0.25) is 0 Å². The first-order valence-electron chi connectivity index (χ1n) is 6.26. The molecule has 5 nitrogen and oxygen atoms in total. The Morgan fingerprint density at radius 1 is 1.32 bits per heavy atom. The molecule has 1 heterocycles. The van der Waals surface area contributed by atoms with Crippen molar-refractivity contribution in [3.63, 3.8) is 0 Å². The van der Waals surface area contributed by atoms with Gasteiger partial charge in [-0.25, -0.2) is 0 Å². The van der Waals surface area contributed by atoms with Gasteiger partial charge in [-0.2, -0.15) is 8.78 Å². The Morgan fingerprint density at radius 2 is 2.09 bits per heavy atom. The molecule has 0 aliphatic heterocycles. The van der Waals surface area contributed by atoms with Crippen LogP contribution in [0, 0.1) is 0 Å². The molecule has 0 spiro atoms. The van der Waals surface area contributed by atoms with Gasteiger partial charge in [-0.3, -0.25) is 4.90 Å². The predicted octanol–water partition coefficient (Wildman–Crippen LogP) is 3.43. The first-order valence-corrected chi connectivity index (χ1v) is 7.41. The van der Waals surface area contributed by atoms with Gasteiger partial charge in [-0.1, -0.05) is 22.2 Å². The first-order chi connectivity index (χ1) is 10.5. The van der Waals surface area contributed by atoms with Gasteiger partial charge < -0.3 is 9.47 Å². The van der Waals surface area contributed by atoms with Crippen LogP contribution in [0.4, 0.5) is 8.78 Å². The van der Waals surface area contributed by atoms with E-state index in [2.05, 4.69) is 14.3 Å². The van der Waals surface area contributed by atoms with Crippen LogP contribution in [0.5, 0.6) is 11.5 Å². The molecule has 0 amide bonds. The van der Waals surface area contributed by atoms with E-state index in [9.17, 15) is 8.78 Å². The topological polar surface area (TPSA) is 47.5 Å². The van der Waals surface area contributed by atoms with Crippen molar-refractivity contribution in [1.82, 2.24) is 14.5 Å². The van der Waals surface area contributed by atoms with Crippen molar-refractivity contribution in [3.8, 4) is 11.5 Å². The van der Waals surface area contributed by atoms with Crippen LogP contribution in [0.3, 0.4) is 0 Å². The van der Waals surface area contributed by atoms with Crippen molar-refractivity contribution >= 4 is 23.1 Å². The number of rotatable bonds is 7. The zero-order valence-corrected chi connectivity index (χ0v) is 13.5. The Balaban J connectivity index is 2.04. The van der Waals surface area contributed by atoms with Crippen LogP contribution in [0.15, 0.2) is 18.2 Å². The van der Waals surface area contributed by atoms with E-state index in [0.717, 1.165) is 17.1 Å². The van der Waals surface area contributed by atoms with E-state index in [0.29, 0.717) is 23.1 Å². The van der Waals surface area contributed by atoms with Crippen molar-refractivity contribution in [1.29, 1.82) is 0 Å². The molecule has 1 aromatic heterocycles. The highest BCUT2D eigenvalue weighted by atomic mass is 35.5. The second-order valence-electron chi connectivity index (χ2n) is 4.53. The van der Waals surface area contributed by atoms with Crippen molar-refractivity contribution in [3.05, 3.63) is 33.8 Å². The maximum atomic E-state index is 12.3. The van der Waals surface area contributed by atoms with Gasteiger partial charge in [0.15, 0.2) is 11.5 Å². The summed E-state index contributed by atoms with van der Waals surface area (Å²) in [6.45, 7) is -1.78. The third kappa shape index (κ3) is 4.49. The van der Waals surface area contributed by atoms with Gasteiger partial charge in [-0.15, -0.1) is 5.10 Å². The van der Waals surface area contributed by atoms with Crippen LogP contribution < -0.4 is 9.47 Å². The zero-order chi connectivity index (χ0) is 16.1. The molecule has 0 bridgehead atoms. The van der Waals surface area contributed by atoms with E-state index < -0.39 is 6.61 Å².